The molecule has 14 heavy (non-hydrogen) atoms. The van der Waals surface area contributed by atoms with Crippen molar-refractivity contribution in [1.82, 2.24) is 5.32 Å². The zero-order valence-corrected chi connectivity index (χ0v) is 8.33. The first-order valence-electron chi connectivity index (χ1n) is 4.42. The van der Waals surface area contributed by atoms with Crippen molar-refractivity contribution < 1.29 is 9.59 Å². The fraction of sp³-hybridized carbons (Fsp3) is 0.273. The number of hydrogen-bond acceptors (Lipinski definition) is 3. The highest BCUT2D eigenvalue weighted by molar-refractivity contribution is 6.03. The molecule has 1 rings (SSSR count). The lowest BCUT2D eigenvalue weighted by Gasteiger charge is -2.04. The molecule has 0 saturated carbocycles. The van der Waals surface area contributed by atoms with E-state index in [1.165, 1.54) is 0 Å². The molecule has 0 bridgehead atoms. The molecule has 3 heteroatoms. The molecule has 1 aromatic rings. The topological polar surface area (TPSA) is 46.2 Å². The maximum absolute atomic E-state index is 11.5. The number of benzene rings is 1. The third-order valence-electron chi connectivity index (χ3n) is 1.97. The van der Waals surface area contributed by atoms with Crippen LogP contribution in [0.25, 0.3) is 0 Å². The number of rotatable bonds is 4. The third kappa shape index (κ3) is 2.26. The Labute approximate surface area is 83.1 Å². The van der Waals surface area contributed by atoms with Crippen LogP contribution in [0, 0.1) is 6.92 Å². The lowest BCUT2D eigenvalue weighted by molar-refractivity contribution is 0.0987. The van der Waals surface area contributed by atoms with Crippen molar-refractivity contribution in [3.63, 3.8) is 0 Å². The van der Waals surface area contributed by atoms with Crippen molar-refractivity contribution in [3.05, 3.63) is 34.9 Å². The van der Waals surface area contributed by atoms with E-state index in [2.05, 4.69) is 5.32 Å². The van der Waals surface area contributed by atoms with Crippen LogP contribution in [-0.2, 0) is 0 Å². The van der Waals surface area contributed by atoms with E-state index in [9.17, 15) is 9.59 Å². The first-order valence-corrected chi connectivity index (χ1v) is 4.42. The number of nitrogens with one attached hydrogen (secondary N) is 1. The Kier molecular flexibility index (Phi) is 3.54. The van der Waals surface area contributed by atoms with E-state index in [1.54, 1.807) is 19.2 Å². The zero-order valence-electron chi connectivity index (χ0n) is 8.33. The van der Waals surface area contributed by atoms with Crippen molar-refractivity contribution in [3.8, 4) is 0 Å². The molecule has 0 unspecified atom stereocenters. The van der Waals surface area contributed by atoms with Crippen LogP contribution in [0.4, 0.5) is 0 Å². The number of likely N-dealkylation sites (N-methyl/N-ethyl adjacent to an activating group) is 1. The minimum atomic E-state index is -0.0606. The van der Waals surface area contributed by atoms with Gasteiger partial charge in [-0.15, -0.1) is 0 Å². The number of aldehydes is 1. The Balaban J connectivity index is 3.07. The fourth-order valence-electron chi connectivity index (χ4n) is 1.29. The fourth-order valence-corrected chi connectivity index (χ4v) is 1.29. The summed E-state index contributed by atoms with van der Waals surface area (Å²) in [6, 6.07) is 5.24. The summed E-state index contributed by atoms with van der Waals surface area (Å²) in [4.78, 5) is 22.2. The van der Waals surface area contributed by atoms with E-state index in [0.29, 0.717) is 11.1 Å². The van der Waals surface area contributed by atoms with Gasteiger partial charge in [0.2, 0.25) is 0 Å². The highest BCUT2D eigenvalue weighted by Gasteiger charge is 2.09. The number of hydrogen-bond donors (Lipinski definition) is 1. The second kappa shape index (κ2) is 4.67. The van der Waals surface area contributed by atoms with Gasteiger partial charge >= 0.3 is 0 Å². The van der Waals surface area contributed by atoms with E-state index in [4.69, 9.17) is 0 Å². The molecule has 0 aliphatic rings. The van der Waals surface area contributed by atoms with Crippen LogP contribution in [0.5, 0.6) is 0 Å². The molecule has 0 spiro atoms. The summed E-state index contributed by atoms with van der Waals surface area (Å²) in [6.45, 7) is 2.14. The van der Waals surface area contributed by atoms with E-state index < -0.39 is 0 Å². The van der Waals surface area contributed by atoms with Gasteiger partial charge in [0.15, 0.2) is 12.1 Å². The second-order valence-electron chi connectivity index (χ2n) is 3.16. The molecule has 0 atom stereocenters. The van der Waals surface area contributed by atoms with Gasteiger partial charge in [-0.2, -0.15) is 0 Å². The van der Waals surface area contributed by atoms with Crippen molar-refractivity contribution in [2.75, 3.05) is 13.6 Å². The highest BCUT2D eigenvalue weighted by Crippen LogP contribution is 2.10. The SMILES string of the molecule is CNCC(=O)c1ccc(C)cc1C=O. The molecular formula is C11H13NO2. The Bertz CT molecular complexity index is 358. The van der Waals surface area contributed by atoms with Gasteiger partial charge in [-0.1, -0.05) is 17.7 Å². The van der Waals surface area contributed by atoms with E-state index in [-0.39, 0.29) is 12.3 Å². The quantitative estimate of drug-likeness (QED) is 0.574. The molecule has 0 saturated heterocycles. The van der Waals surface area contributed by atoms with Crippen molar-refractivity contribution in [1.29, 1.82) is 0 Å². The third-order valence-corrected chi connectivity index (χ3v) is 1.97. The molecule has 0 radical (unpaired) electrons. The van der Waals surface area contributed by atoms with Crippen LogP contribution in [-0.4, -0.2) is 25.7 Å². The summed E-state index contributed by atoms with van der Waals surface area (Å²) in [5, 5.41) is 2.77. The predicted molar refractivity (Wildman–Crippen MR) is 54.8 cm³/mol. The van der Waals surface area contributed by atoms with E-state index >= 15 is 0 Å². The Morgan fingerprint density at radius 3 is 2.79 bits per heavy atom. The van der Waals surface area contributed by atoms with Crippen LogP contribution in [0.15, 0.2) is 18.2 Å². The minimum absolute atomic E-state index is 0.0606. The molecule has 1 N–H and O–H groups in total. The van der Waals surface area contributed by atoms with Gasteiger partial charge in [-0.25, -0.2) is 0 Å². The lowest BCUT2D eigenvalue weighted by atomic mass is 10.0. The van der Waals surface area contributed by atoms with Crippen LogP contribution >= 0.6 is 0 Å². The summed E-state index contributed by atoms with van der Waals surface area (Å²) in [5.74, 6) is -0.0606. The van der Waals surface area contributed by atoms with Gasteiger partial charge in [0.05, 0.1) is 6.54 Å². The van der Waals surface area contributed by atoms with Gasteiger partial charge in [0, 0.05) is 11.1 Å². The Morgan fingerprint density at radius 2 is 2.21 bits per heavy atom. The van der Waals surface area contributed by atoms with Crippen molar-refractivity contribution >= 4 is 12.1 Å². The largest absolute Gasteiger partial charge is 0.313 e. The van der Waals surface area contributed by atoms with Crippen LogP contribution in [0.1, 0.15) is 26.3 Å². The average molecular weight is 191 g/mol. The zero-order chi connectivity index (χ0) is 10.6. The van der Waals surface area contributed by atoms with Crippen LogP contribution in [0.2, 0.25) is 0 Å². The molecule has 0 aromatic heterocycles. The molecule has 1 aromatic carbocycles. The standard InChI is InChI=1S/C11H13NO2/c1-8-3-4-10(9(5-8)7-13)11(14)6-12-2/h3-5,7,12H,6H2,1-2H3. The summed E-state index contributed by atoms with van der Waals surface area (Å²) in [5.41, 5.74) is 1.93. The normalized spacial score (nSPS) is 9.86. The number of Topliss-reactive ketones (excluding diaryl/α,β-unsaturated/α-hetero) is 1. The van der Waals surface area contributed by atoms with Crippen molar-refractivity contribution in [2.24, 2.45) is 0 Å². The number of carbonyl (C=O) groups is 2. The molecular weight excluding hydrogens is 178 g/mol. The first-order chi connectivity index (χ1) is 6.69. The monoisotopic (exact) mass is 191 g/mol. The summed E-state index contributed by atoms with van der Waals surface area (Å²) >= 11 is 0. The van der Waals surface area contributed by atoms with E-state index in [0.717, 1.165) is 11.8 Å². The second-order valence-corrected chi connectivity index (χ2v) is 3.16. The maximum Gasteiger partial charge on any atom is 0.177 e. The summed E-state index contributed by atoms with van der Waals surface area (Å²) < 4.78 is 0. The predicted octanol–water partition coefficient (Wildman–Crippen LogP) is 1.21. The first kappa shape index (κ1) is 10.6. The molecule has 74 valence electrons. The highest BCUT2D eigenvalue weighted by atomic mass is 16.1. The van der Waals surface area contributed by atoms with Gasteiger partial charge in [0.25, 0.3) is 0 Å². The average Bonchev–Trinajstić information content (AvgIpc) is 2.17. The van der Waals surface area contributed by atoms with E-state index in [1.807, 2.05) is 13.0 Å². The van der Waals surface area contributed by atoms with Crippen LogP contribution < -0.4 is 5.32 Å². The smallest absolute Gasteiger partial charge is 0.177 e. The van der Waals surface area contributed by atoms with Gasteiger partial charge < -0.3 is 5.32 Å². The molecule has 0 aliphatic carbocycles. The molecule has 3 nitrogen and oxygen atoms in total. The van der Waals surface area contributed by atoms with Crippen molar-refractivity contribution in [2.45, 2.75) is 6.92 Å². The molecule has 0 amide bonds. The maximum atomic E-state index is 11.5. The van der Waals surface area contributed by atoms with Crippen LogP contribution in [0.3, 0.4) is 0 Å². The van der Waals surface area contributed by atoms with Gasteiger partial charge in [-0.05, 0) is 20.0 Å². The van der Waals surface area contributed by atoms with Gasteiger partial charge in [0.1, 0.15) is 0 Å². The number of aryl methyl sites for hydroxylation is 1. The Morgan fingerprint density at radius 1 is 1.50 bits per heavy atom. The summed E-state index contributed by atoms with van der Waals surface area (Å²) in [7, 11) is 1.70. The molecule has 0 aliphatic heterocycles. The number of ketones is 1. The van der Waals surface area contributed by atoms with Gasteiger partial charge in [-0.3, -0.25) is 9.59 Å². The Hall–Kier alpha value is -1.48. The number of carbonyl (C=O) groups excluding carboxylic acids is 2. The lowest BCUT2D eigenvalue weighted by Crippen LogP contribution is -2.19. The minimum Gasteiger partial charge on any atom is -0.313 e. The molecule has 0 heterocycles. The molecule has 0 fully saturated rings. The summed E-state index contributed by atoms with van der Waals surface area (Å²) in [6.07, 6.45) is 0.718.